The number of sulfonamides is 1. The van der Waals surface area contributed by atoms with E-state index in [9.17, 15) is 13.2 Å². The van der Waals surface area contributed by atoms with Crippen LogP contribution in [0.3, 0.4) is 0 Å². The zero-order valence-electron chi connectivity index (χ0n) is 13.7. The Labute approximate surface area is 160 Å². The van der Waals surface area contributed by atoms with Gasteiger partial charge in [0, 0.05) is 22.8 Å². The molecule has 1 atom stereocenters. The number of hydrogen-bond donors (Lipinski definition) is 1. The van der Waals surface area contributed by atoms with E-state index < -0.39 is 10.0 Å². The van der Waals surface area contributed by atoms with E-state index >= 15 is 0 Å². The fourth-order valence-corrected chi connectivity index (χ4v) is 6.81. The lowest BCUT2D eigenvalue weighted by atomic mass is 9.99. The summed E-state index contributed by atoms with van der Waals surface area (Å²) < 4.78 is 28.0. The molecule has 2 aromatic heterocycles. The largest absolute Gasteiger partial charge is 0.351 e. The number of amides is 1. The van der Waals surface area contributed by atoms with Gasteiger partial charge in [0.15, 0.2) is 0 Å². The Morgan fingerprint density at radius 3 is 2.76 bits per heavy atom. The highest BCUT2D eigenvalue weighted by molar-refractivity contribution is 7.91. The van der Waals surface area contributed by atoms with E-state index in [4.69, 9.17) is 11.6 Å². The second-order valence-corrected chi connectivity index (χ2v) is 11.2. The van der Waals surface area contributed by atoms with Gasteiger partial charge >= 0.3 is 0 Å². The molecule has 9 heteroatoms. The Bertz CT molecular complexity index is 860. The Morgan fingerprint density at radius 2 is 2.12 bits per heavy atom. The summed E-state index contributed by atoms with van der Waals surface area (Å²) in [6, 6.07) is 7.12. The van der Waals surface area contributed by atoms with Gasteiger partial charge in [0.05, 0.1) is 16.8 Å². The van der Waals surface area contributed by atoms with Crippen molar-refractivity contribution in [2.75, 3.05) is 13.1 Å². The zero-order chi connectivity index (χ0) is 18.0. The van der Waals surface area contributed by atoms with E-state index in [0.717, 1.165) is 9.75 Å². The second-order valence-electron chi connectivity index (χ2n) is 5.99. The standard InChI is InChI=1S/C16H19ClN2O3S3/c1-11-4-7-15(23-11)25(21,22)19-8-2-3-12(10-19)16(20)18-9-13-5-6-14(17)24-13/h4-7,12H,2-3,8-10H2,1H3,(H,18,20). The molecular weight excluding hydrogens is 400 g/mol. The van der Waals surface area contributed by atoms with E-state index in [1.165, 1.54) is 27.0 Å². The molecule has 2 aromatic rings. The van der Waals surface area contributed by atoms with Crippen LogP contribution in [0, 0.1) is 12.8 Å². The first-order valence-corrected chi connectivity index (χ1v) is 11.4. The van der Waals surface area contributed by atoms with Crippen LogP contribution < -0.4 is 5.32 Å². The SMILES string of the molecule is Cc1ccc(S(=O)(=O)N2CCCC(C(=O)NCc3ccc(Cl)s3)C2)s1. The Hall–Kier alpha value is -0.930. The third-order valence-corrected chi connectivity index (χ3v) is 8.69. The van der Waals surface area contributed by atoms with E-state index in [-0.39, 0.29) is 18.4 Å². The first-order chi connectivity index (χ1) is 11.9. The fourth-order valence-electron chi connectivity index (χ4n) is 2.82. The Balaban J connectivity index is 1.63. The molecule has 5 nitrogen and oxygen atoms in total. The van der Waals surface area contributed by atoms with Crippen molar-refractivity contribution in [3.63, 3.8) is 0 Å². The minimum Gasteiger partial charge on any atom is -0.351 e. The molecule has 1 fully saturated rings. The number of halogens is 1. The normalized spacial score (nSPS) is 19.0. The van der Waals surface area contributed by atoms with E-state index in [1.807, 2.05) is 13.0 Å². The number of carbonyl (C=O) groups is 1. The monoisotopic (exact) mass is 418 g/mol. The van der Waals surface area contributed by atoms with Crippen molar-refractivity contribution in [1.82, 2.24) is 9.62 Å². The molecule has 25 heavy (non-hydrogen) atoms. The van der Waals surface area contributed by atoms with Gasteiger partial charge in [-0.05, 0) is 44.0 Å². The molecule has 0 aliphatic carbocycles. The maximum Gasteiger partial charge on any atom is 0.252 e. The summed E-state index contributed by atoms with van der Waals surface area (Å²) in [7, 11) is -3.51. The molecule has 1 unspecified atom stereocenters. The van der Waals surface area contributed by atoms with Crippen LogP contribution in [0.5, 0.6) is 0 Å². The molecule has 1 aliphatic heterocycles. The van der Waals surface area contributed by atoms with Gasteiger partial charge in [-0.2, -0.15) is 4.31 Å². The number of hydrogen-bond acceptors (Lipinski definition) is 5. The third kappa shape index (κ3) is 4.43. The van der Waals surface area contributed by atoms with Crippen molar-refractivity contribution in [3.05, 3.63) is 38.4 Å². The number of piperidine rings is 1. The highest BCUT2D eigenvalue weighted by Crippen LogP contribution is 2.28. The molecule has 3 heterocycles. The number of carbonyl (C=O) groups excluding carboxylic acids is 1. The molecule has 0 radical (unpaired) electrons. The highest BCUT2D eigenvalue weighted by atomic mass is 35.5. The molecule has 0 aromatic carbocycles. The lowest BCUT2D eigenvalue weighted by molar-refractivity contribution is -0.126. The Morgan fingerprint density at radius 1 is 1.32 bits per heavy atom. The van der Waals surface area contributed by atoms with Crippen LogP contribution in [0.2, 0.25) is 4.34 Å². The maximum absolute atomic E-state index is 12.7. The lowest BCUT2D eigenvalue weighted by Crippen LogP contribution is -2.45. The van der Waals surface area contributed by atoms with Crippen molar-refractivity contribution < 1.29 is 13.2 Å². The predicted octanol–water partition coefficient (Wildman–Crippen LogP) is 3.49. The Kier molecular flexibility index (Phi) is 5.85. The van der Waals surface area contributed by atoms with Gasteiger partial charge < -0.3 is 5.32 Å². The van der Waals surface area contributed by atoms with E-state index in [0.29, 0.717) is 34.5 Å². The number of rotatable bonds is 5. The fraction of sp³-hybridized carbons (Fsp3) is 0.438. The van der Waals surface area contributed by atoms with Crippen LogP contribution in [0.25, 0.3) is 0 Å². The van der Waals surface area contributed by atoms with Crippen LogP contribution in [0.1, 0.15) is 22.6 Å². The van der Waals surface area contributed by atoms with Crippen LogP contribution >= 0.6 is 34.3 Å². The second kappa shape index (κ2) is 7.75. The molecule has 1 aliphatic rings. The number of nitrogens with zero attached hydrogens (tertiary/aromatic N) is 1. The van der Waals surface area contributed by atoms with Crippen molar-refractivity contribution in [3.8, 4) is 0 Å². The molecule has 0 bridgehead atoms. The summed E-state index contributed by atoms with van der Waals surface area (Å²) in [5.74, 6) is -0.424. The first-order valence-electron chi connectivity index (χ1n) is 7.95. The zero-order valence-corrected chi connectivity index (χ0v) is 16.9. The van der Waals surface area contributed by atoms with Crippen molar-refractivity contribution >= 4 is 50.2 Å². The van der Waals surface area contributed by atoms with Crippen LogP contribution in [-0.2, 0) is 21.4 Å². The average Bonchev–Trinajstić information content (AvgIpc) is 3.21. The van der Waals surface area contributed by atoms with Crippen molar-refractivity contribution in [1.29, 1.82) is 0 Å². The smallest absolute Gasteiger partial charge is 0.252 e. The van der Waals surface area contributed by atoms with Gasteiger partial charge in [-0.15, -0.1) is 22.7 Å². The first kappa shape index (κ1) is 18.8. The molecule has 136 valence electrons. The maximum atomic E-state index is 12.7. The van der Waals surface area contributed by atoms with E-state index in [2.05, 4.69) is 5.32 Å². The molecule has 1 N–H and O–H groups in total. The predicted molar refractivity (Wildman–Crippen MR) is 102 cm³/mol. The number of nitrogens with one attached hydrogen (secondary N) is 1. The summed E-state index contributed by atoms with van der Waals surface area (Å²) in [4.78, 5) is 14.4. The number of aryl methyl sites for hydroxylation is 1. The molecule has 0 saturated carbocycles. The molecule has 0 spiro atoms. The van der Waals surface area contributed by atoms with Crippen molar-refractivity contribution in [2.24, 2.45) is 5.92 Å². The molecular formula is C16H19ClN2O3S3. The van der Waals surface area contributed by atoms with Gasteiger partial charge in [-0.1, -0.05) is 11.6 Å². The molecule has 1 amide bonds. The van der Waals surface area contributed by atoms with Gasteiger partial charge in [-0.3, -0.25) is 4.79 Å². The van der Waals surface area contributed by atoms with Crippen LogP contribution in [0.4, 0.5) is 0 Å². The van der Waals surface area contributed by atoms with Crippen LogP contribution in [0.15, 0.2) is 28.5 Å². The minimum absolute atomic E-state index is 0.105. The van der Waals surface area contributed by atoms with E-state index in [1.54, 1.807) is 18.2 Å². The minimum atomic E-state index is -3.51. The summed E-state index contributed by atoms with van der Waals surface area (Å²) in [5, 5.41) is 2.89. The lowest BCUT2D eigenvalue weighted by Gasteiger charge is -2.30. The van der Waals surface area contributed by atoms with Crippen molar-refractivity contribution in [2.45, 2.75) is 30.5 Å². The summed E-state index contributed by atoms with van der Waals surface area (Å²) in [6.07, 6.45) is 1.39. The summed E-state index contributed by atoms with van der Waals surface area (Å²) in [6.45, 7) is 3.00. The van der Waals surface area contributed by atoms with Crippen LogP contribution in [-0.4, -0.2) is 31.7 Å². The van der Waals surface area contributed by atoms with Gasteiger partial charge in [0.2, 0.25) is 5.91 Å². The summed E-state index contributed by atoms with van der Waals surface area (Å²) >= 11 is 8.58. The third-order valence-electron chi connectivity index (χ3n) is 4.13. The average molecular weight is 419 g/mol. The molecule has 3 rings (SSSR count). The van der Waals surface area contributed by atoms with Gasteiger partial charge in [0.25, 0.3) is 10.0 Å². The summed E-state index contributed by atoms with van der Waals surface area (Å²) in [5.41, 5.74) is 0. The highest BCUT2D eigenvalue weighted by Gasteiger charge is 2.33. The quantitative estimate of drug-likeness (QED) is 0.808. The topological polar surface area (TPSA) is 66.5 Å². The molecule has 1 saturated heterocycles. The van der Waals surface area contributed by atoms with Gasteiger partial charge in [-0.25, -0.2) is 8.42 Å². The van der Waals surface area contributed by atoms with Gasteiger partial charge in [0.1, 0.15) is 4.21 Å². The number of thiophene rings is 2.